The SMILES string of the molecule is CC(C)(C)c1ccc(OC(=O)c2ccc(O)c(C(C)(C)C)c2C(C)(C)C)c(C(C)(C)C)c1. The molecule has 0 saturated carbocycles. The topological polar surface area (TPSA) is 46.5 Å². The molecular formula is C29H42O3. The Morgan fingerprint density at radius 1 is 0.688 bits per heavy atom. The van der Waals surface area contributed by atoms with E-state index in [9.17, 15) is 9.90 Å². The second kappa shape index (κ2) is 8.24. The predicted molar refractivity (Wildman–Crippen MR) is 134 cm³/mol. The maximum absolute atomic E-state index is 13.5. The van der Waals surface area contributed by atoms with Crippen molar-refractivity contribution in [3.05, 3.63) is 58.1 Å². The van der Waals surface area contributed by atoms with Crippen LogP contribution in [0, 0.1) is 0 Å². The van der Waals surface area contributed by atoms with Crippen LogP contribution in [0.1, 0.15) is 116 Å². The molecule has 2 aromatic rings. The van der Waals surface area contributed by atoms with Gasteiger partial charge in [-0.25, -0.2) is 4.79 Å². The zero-order valence-electron chi connectivity index (χ0n) is 22.2. The van der Waals surface area contributed by atoms with Gasteiger partial charge in [-0.2, -0.15) is 0 Å². The van der Waals surface area contributed by atoms with Crippen LogP contribution in [0.3, 0.4) is 0 Å². The molecule has 1 N–H and O–H groups in total. The zero-order chi connectivity index (χ0) is 24.9. The number of phenolic OH excluding ortho intramolecular Hbond substituents is 1. The van der Waals surface area contributed by atoms with Crippen LogP contribution in [-0.2, 0) is 21.7 Å². The van der Waals surface area contributed by atoms with Gasteiger partial charge in [0.2, 0.25) is 0 Å². The van der Waals surface area contributed by atoms with Crippen molar-refractivity contribution in [3.8, 4) is 11.5 Å². The average Bonchev–Trinajstić information content (AvgIpc) is 2.57. The molecule has 0 atom stereocenters. The van der Waals surface area contributed by atoms with Crippen LogP contribution in [0.25, 0.3) is 0 Å². The van der Waals surface area contributed by atoms with Gasteiger partial charge >= 0.3 is 5.97 Å². The second-order valence-electron chi connectivity index (χ2n) is 13.0. The van der Waals surface area contributed by atoms with Crippen molar-refractivity contribution in [2.24, 2.45) is 0 Å². The molecule has 2 aromatic carbocycles. The molecule has 0 saturated heterocycles. The number of carbonyl (C=O) groups is 1. The monoisotopic (exact) mass is 438 g/mol. The van der Waals surface area contributed by atoms with Gasteiger partial charge in [-0.05, 0) is 51.0 Å². The van der Waals surface area contributed by atoms with E-state index in [0.29, 0.717) is 11.3 Å². The summed E-state index contributed by atoms with van der Waals surface area (Å²) in [6.45, 7) is 25.3. The Labute approximate surface area is 195 Å². The molecule has 0 amide bonds. The molecule has 3 nitrogen and oxygen atoms in total. The Hall–Kier alpha value is -2.29. The van der Waals surface area contributed by atoms with Gasteiger partial charge in [-0.1, -0.05) is 95.2 Å². The van der Waals surface area contributed by atoms with Crippen molar-refractivity contribution in [1.82, 2.24) is 0 Å². The van der Waals surface area contributed by atoms with E-state index in [1.807, 2.05) is 12.1 Å². The van der Waals surface area contributed by atoms with Crippen LogP contribution < -0.4 is 4.74 Å². The maximum Gasteiger partial charge on any atom is 0.343 e. The third-order valence-electron chi connectivity index (χ3n) is 5.76. The van der Waals surface area contributed by atoms with Crippen LogP contribution in [-0.4, -0.2) is 11.1 Å². The van der Waals surface area contributed by atoms with Gasteiger partial charge in [-0.3, -0.25) is 0 Å². The van der Waals surface area contributed by atoms with Gasteiger partial charge in [-0.15, -0.1) is 0 Å². The lowest BCUT2D eigenvalue weighted by molar-refractivity contribution is 0.0729. The number of rotatable bonds is 2. The maximum atomic E-state index is 13.5. The molecule has 0 aliphatic heterocycles. The van der Waals surface area contributed by atoms with Gasteiger partial charge in [0.25, 0.3) is 0 Å². The quantitative estimate of drug-likeness (QED) is 0.384. The summed E-state index contributed by atoms with van der Waals surface area (Å²) in [4.78, 5) is 13.5. The average molecular weight is 439 g/mol. The standard InChI is InChI=1S/C29H42O3/c1-26(2,3)18-13-16-22(20(17-18)27(4,5)6)32-25(31)19-14-15-21(30)24(29(10,11)12)23(19)28(7,8)9/h13-17,30H,1-12H3. The van der Waals surface area contributed by atoms with E-state index in [1.54, 1.807) is 12.1 Å². The fraction of sp³-hybridized carbons (Fsp3) is 0.552. The Kier molecular flexibility index (Phi) is 6.69. The molecule has 2 rings (SSSR count). The lowest BCUT2D eigenvalue weighted by Gasteiger charge is -2.32. The van der Waals surface area contributed by atoms with E-state index in [1.165, 1.54) is 5.56 Å². The summed E-state index contributed by atoms with van der Waals surface area (Å²) in [7, 11) is 0. The first-order valence-corrected chi connectivity index (χ1v) is 11.5. The summed E-state index contributed by atoms with van der Waals surface area (Å²) in [6.07, 6.45) is 0. The van der Waals surface area contributed by atoms with Gasteiger partial charge in [0.1, 0.15) is 11.5 Å². The zero-order valence-corrected chi connectivity index (χ0v) is 22.2. The number of phenols is 1. The smallest absolute Gasteiger partial charge is 0.343 e. The molecule has 32 heavy (non-hydrogen) atoms. The van der Waals surface area contributed by atoms with Gasteiger partial charge in [0.05, 0.1) is 5.56 Å². The van der Waals surface area contributed by atoms with E-state index in [2.05, 4.69) is 89.2 Å². The fourth-order valence-corrected chi connectivity index (χ4v) is 4.13. The van der Waals surface area contributed by atoms with Gasteiger partial charge in [0.15, 0.2) is 0 Å². The summed E-state index contributed by atoms with van der Waals surface area (Å²) in [5.41, 5.74) is 3.47. The van der Waals surface area contributed by atoms with Crippen LogP contribution in [0.2, 0.25) is 0 Å². The molecule has 0 radical (unpaired) electrons. The minimum Gasteiger partial charge on any atom is -0.508 e. The molecule has 0 aliphatic rings. The van der Waals surface area contributed by atoms with E-state index in [-0.39, 0.29) is 27.4 Å². The number of aromatic hydroxyl groups is 1. The molecule has 0 bridgehead atoms. The highest BCUT2D eigenvalue weighted by Gasteiger charge is 2.33. The first-order chi connectivity index (χ1) is 14.2. The lowest BCUT2D eigenvalue weighted by Crippen LogP contribution is -2.27. The minimum atomic E-state index is -0.394. The molecule has 0 aliphatic carbocycles. The number of hydrogen-bond donors (Lipinski definition) is 1. The summed E-state index contributed by atoms with van der Waals surface area (Å²) < 4.78 is 6.05. The van der Waals surface area contributed by atoms with Crippen molar-refractivity contribution >= 4 is 5.97 Å². The highest BCUT2D eigenvalue weighted by atomic mass is 16.5. The van der Waals surface area contributed by atoms with Crippen molar-refractivity contribution in [3.63, 3.8) is 0 Å². The molecule has 0 aromatic heterocycles. The Morgan fingerprint density at radius 3 is 1.66 bits per heavy atom. The Bertz CT molecular complexity index is 1000. The summed E-state index contributed by atoms with van der Waals surface area (Å²) >= 11 is 0. The number of ether oxygens (including phenoxy) is 1. The second-order valence-corrected chi connectivity index (χ2v) is 13.0. The van der Waals surface area contributed by atoms with E-state index in [4.69, 9.17) is 4.74 Å². The molecule has 0 unspecified atom stereocenters. The molecular weight excluding hydrogens is 396 g/mol. The number of hydrogen-bond acceptors (Lipinski definition) is 3. The van der Waals surface area contributed by atoms with Crippen molar-refractivity contribution in [2.45, 2.75) is 105 Å². The van der Waals surface area contributed by atoms with Crippen molar-refractivity contribution in [1.29, 1.82) is 0 Å². The number of esters is 1. The third kappa shape index (κ3) is 5.54. The van der Waals surface area contributed by atoms with Crippen molar-refractivity contribution < 1.29 is 14.6 Å². The lowest BCUT2D eigenvalue weighted by atomic mass is 9.72. The van der Waals surface area contributed by atoms with E-state index >= 15 is 0 Å². The van der Waals surface area contributed by atoms with Gasteiger partial charge in [0, 0.05) is 11.1 Å². The van der Waals surface area contributed by atoms with Crippen LogP contribution >= 0.6 is 0 Å². The number of carbonyl (C=O) groups excluding carboxylic acids is 1. The molecule has 0 heterocycles. The largest absolute Gasteiger partial charge is 0.508 e. The highest BCUT2D eigenvalue weighted by molar-refractivity contribution is 5.94. The molecule has 0 spiro atoms. The highest BCUT2D eigenvalue weighted by Crippen LogP contribution is 2.42. The van der Waals surface area contributed by atoms with Crippen LogP contribution in [0.5, 0.6) is 11.5 Å². The molecule has 3 heteroatoms. The Morgan fingerprint density at radius 2 is 1.22 bits per heavy atom. The van der Waals surface area contributed by atoms with E-state index < -0.39 is 5.97 Å². The summed E-state index contributed by atoms with van der Waals surface area (Å²) in [6, 6.07) is 9.42. The first kappa shape index (κ1) is 26.0. The third-order valence-corrected chi connectivity index (χ3v) is 5.76. The summed E-state index contributed by atoms with van der Waals surface area (Å²) in [5.74, 6) is 0.402. The van der Waals surface area contributed by atoms with E-state index in [0.717, 1.165) is 16.7 Å². The minimum absolute atomic E-state index is 0.000506. The van der Waals surface area contributed by atoms with Crippen LogP contribution in [0.15, 0.2) is 30.3 Å². The molecule has 0 fully saturated rings. The fourth-order valence-electron chi connectivity index (χ4n) is 4.13. The van der Waals surface area contributed by atoms with Crippen LogP contribution in [0.4, 0.5) is 0 Å². The van der Waals surface area contributed by atoms with Crippen molar-refractivity contribution in [2.75, 3.05) is 0 Å². The number of benzene rings is 2. The molecule has 176 valence electrons. The Balaban J connectivity index is 2.67. The predicted octanol–water partition coefficient (Wildman–Crippen LogP) is 7.80. The van der Waals surface area contributed by atoms with Gasteiger partial charge < -0.3 is 9.84 Å². The summed E-state index contributed by atoms with van der Waals surface area (Å²) in [5, 5.41) is 10.7. The normalized spacial score (nSPS) is 13.2. The first-order valence-electron chi connectivity index (χ1n) is 11.5.